The number of fused-ring (bicyclic) bond motifs is 2. The Morgan fingerprint density at radius 2 is 2.08 bits per heavy atom. The summed E-state index contributed by atoms with van der Waals surface area (Å²) in [4.78, 5) is 37.4. The lowest BCUT2D eigenvalue weighted by Gasteiger charge is -2.11. The van der Waals surface area contributed by atoms with E-state index in [4.69, 9.17) is 16.0 Å². The average molecular weight is 371 g/mol. The highest BCUT2D eigenvalue weighted by molar-refractivity contribution is 6.31. The number of nitrogens with one attached hydrogen (secondary N) is 2. The van der Waals surface area contributed by atoms with E-state index in [9.17, 15) is 9.59 Å². The Hall–Kier alpha value is -2.93. The molecular formula is C18H15ClN4O3. The number of H-pyrrole nitrogens is 2. The molecule has 3 aromatic heterocycles. The highest BCUT2D eigenvalue weighted by atomic mass is 35.5. The van der Waals surface area contributed by atoms with Gasteiger partial charge in [-0.2, -0.15) is 0 Å². The van der Waals surface area contributed by atoms with Gasteiger partial charge in [0, 0.05) is 22.5 Å². The van der Waals surface area contributed by atoms with Crippen molar-refractivity contribution in [3.05, 3.63) is 67.8 Å². The first kappa shape index (κ1) is 16.5. The van der Waals surface area contributed by atoms with Gasteiger partial charge in [0.05, 0.1) is 6.20 Å². The molecule has 4 aromatic rings. The van der Waals surface area contributed by atoms with Crippen LogP contribution in [-0.4, -0.2) is 19.9 Å². The number of oxazole rings is 1. The van der Waals surface area contributed by atoms with Crippen molar-refractivity contribution in [2.24, 2.45) is 0 Å². The summed E-state index contributed by atoms with van der Waals surface area (Å²) >= 11 is 6.04. The zero-order chi connectivity index (χ0) is 18.3. The second kappa shape index (κ2) is 6.42. The maximum Gasteiger partial charge on any atom is 0.418 e. The Morgan fingerprint density at radius 3 is 2.92 bits per heavy atom. The summed E-state index contributed by atoms with van der Waals surface area (Å²) in [5.41, 5.74) is 2.05. The van der Waals surface area contributed by atoms with Gasteiger partial charge in [-0.15, -0.1) is 0 Å². The van der Waals surface area contributed by atoms with Gasteiger partial charge >= 0.3 is 5.76 Å². The molecule has 2 N–H and O–H groups in total. The lowest BCUT2D eigenvalue weighted by Crippen LogP contribution is -2.15. The standard InChI is InChI=1S/C18H15ClN4O3/c1-9(2-5-15-20-8-14-16(22-15)23-18(25)26-14)12-7-10-6-11(19)3-4-13(10)21-17(12)24/h3-4,6-9H,2,5H2,1H3,(H,21,24)(H,20,22,23,25)/t9-/m1/s1. The molecule has 7 nitrogen and oxygen atoms in total. The van der Waals surface area contributed by atoms with Gasteiger partial charge in [0.15, 0.2) is 11.2 Å². The van der Waals surface area contributed by atoms with Gasteiger partial charge in [-0.05, 0) is 42.0 Å². The molecule has 0 spiro atoms. The molecule has 0 saturated carbocycles. The second-order valence-electron chi connectivity index (χ2n) is 6.24. The molecule has 3 heterocycles. The van der Waals surface area contributed by atoms with Crippen LogP contribution in [0.1, 0.15) is 30.7 Å². The minimum atomic E-state index is -0.554. The van der Waals surface area contributed by atoms with E-state index in [1.54, 1.807) is 12.1 Å². The van der Waals surface area contributed by atoms with Crippen LogP contribution in [0, 0.1) is 0 Å². The van der Waals surface area contributed by atoms with Gasteiger partial charge in [-0.1, -0.05) is 18.5 Å². The van der Waals surface area contributed by atoms with Crippen molar-refractivity contribution >= 4 is 33.7 Å². The van der Waals surface area contributed by atoms with Crippen LogP contribution in [0.3, 0.4) is 0 Å². The van der Waals surface area contributed by atoms with E-state index >= 15 is 0 Å². The minimum Gasteiger partial charge on any atom is -0.404 e. The predicted octanol–water partition coefficient (Wildman–Crippen LogP) is 3.14. The highest BCUT2D eigenvalue weighted by Gasteiger charge is 2.13. The monoisotopic (exact) mass is 370 g/mol. The summed E-state index contributed by atoms with van der Waals surface area (Å²) in [5, 5.41) is 1.52. The van der Waals surface area contributed by atoms with Crippen molar-refractivity contribution in [2.75, 3.05) is 0 Å². The molecule has 0 radical (unpaired) electrons. The molecule has 4 rings (SSSR count). The van der Waals surface area contributed by atoms with E-state index in [2.05, 4.69) is 19.9 Å². The molecule has 1 aromatic carbocycles. The van der Waals surface area contributed by atoms with Crippen LogP contribution < -0.4 is 11.3 Å². The smallest absolute Gasteiger partial charge is 0.404 e. The molecule has 0 aliphatic heterocycles. The Morgan fingerprint density at radius 1 is 1.23 bits per heavy atom. The van der Waals surface area contributed by atoms with Crippen LogP contribution in [0.25, 0.3) is 22.1 Å². The van der Waals surface area contributed by atoms with E-state index < -0.39 is 5.76 Å². The minimum absolute atomic E-state index is 0.00447. The summed E-state index contributed by atoms with van der Waals surface area (Å²) in [6.45, 7) is 1.99. The Balaban J connectivity index is 1.57. The van der Waals surface area contributed by atoms with Crippen LogP contribution >= 0.6 is 11.6 Å². The molecular weight excluding hydrogens is 356 g/mol. The van der Waals surface area contributed by atoms with Crippen molar-refractivity contribution in [2.45, 2.75) is 25.7 Å². The van der Waals surface area contributed by atoms with Gasteiger partial charge in [0.2, 0.25) is 0 Å². The number of nitrogens with zero attached hydrogens (tertiary/aromatic N) is 2. The number of aryl methyl sites for hydroxylation is 1. The zero-order valence-electron chi connectivity index (χ0n) is 13.9. The normalized spacial score (nSPS) is 12.7. The lowest BCUT2D eigenvalue weighted by molar-refractivity contribution is 0.553. The fourth-order valence-corrected chi connectivity index (χ4v) is 3.16. The van der Waals surface area contributed by atoms with Crippen LogP contribution in [0.2, 0.25) is 5.02 Å². The van der Waals surface area contributed by atoms with Gasteiger partial charge in [-0.25, -0.2) is 14.8 Å². The second-order valence-corrected chi connectivity index (χ2v) is 6.68. The number of aromatic amines is 2. The van der Waals surface area contributed by atoms with Crippen LogP contribution in [0.15, 0.2) is 44.5 Å². The molecule has 26 heavy (non-hydrogen) atoms. The number of rotatable bonds is 4. The van der Waals surface area contributed by atoms with Gasteiger partial charge < -0.3 is 9.40 Å². The van der Waals surface area contributed by atoms with E-state index in [0.29, 0.717) is 40.5 Å². The van der Waals surface area contributed by atoms with Crippen LogP contribution in [0.5, 0.6) is 0 Å². The lowest BCUT2D eigenvalue weighted by atomic mass is 9.96. The average Bonchev–Trinajstić information content (AvgIpc) is 2.98. The van der Waals surface area contributed by atoms with E-state index in [0.717, 1.165) is 10.9 Å². The van der Waals surface area contributed by atoms with Crippen LogP contribution in [-0.2, 0) is 6.42 Å². The molecule has 8 heteroatoms. The fraction of sp³-hybridized carbons (Fsp3) is 0.222. The quantitative estimate of drug-likeness (QED) is 0.574. The Kier molecular flexibility index (Phi) is 4.08. The number of hydrogen-bond donors (Lipinski definition) is 2. The first-order valence-corrected chi connectivity index (χ1v) is 8.54. The SMILES string of the molecule is C[C@H](CCc1ncc2oc(=O)[nH]c2n1)c1cc2cc(Cl)ccc2[nH]c1=O. The summed E-state index contributed by atoms with van der Waals surface area (Å²) in [5.74, 6) is 0.0349. The van der Waals surface area contributed by atoms with Crippen molar-refractivity contribution < 1.29 is 4.42 Å². The maximum absolute atomic E-state index is 12.4. The molecule has 132 valence electrons. The molecule has 0 saturated heterocycles. The van der Waals surface area contributed by atoms with Crippen LogP contribution in [0.4, 0.5) is 0 Å². The molecule has 0 amide bonds. The molecule has 0 bridgehead atoms. The van der Waals surface area contributed by atoms with Gasteiger partial charge in [0.25, 0.3) is 5.56 Å². The zero-order valence-corrected chi connectivity index (χ0v) is 14.6. The third-order valence-corrected chi connectivity index (χ3v) is 4.63. The molecule has 0 aliphatic rings. The topological polar surface area (TPSA) is 105 Å². The number of aromatic nitrogens is 4. The van der Waals surface area contributed by atoms with E-state index in [-0.39, 0.29) is 11.5 Å². The fourth-order valence-electron chi connectivity index (χ4n) is 2.98. The summed E-state index contributed by atoms with van der Waals surface area (Å²) in [6, 6.07) is 7.25. The van der Waals surface area contributed by atoms with E-state index in [1.807, 2.05) is 19.1 Å². The first-order valence-electron chi connectivity index (χ1n) is 8.17. The van der Waals surface area contributed by atoms with Crippen molar-refractivity contribution in [3.8, 4) is 0 Å². The van der Waals surface area contributed by atoms with Crippen molar-refractivity contribution in [1.82, 2.24) is 19.9 Å². The third kappa shape index (κ3) is 3.13. The largest absolute Gasteiger partial charge is 0.418 e. The Bertz CT molecular complexity index is 1220. The Labute approximate surface area is 152 Å². The predicted molar refractivity (Wildman–Crippen MR) is 98.7 cm³/mol. The number of pyridine rings is 1. The number of hydrogen-bond acceptors (Lipinski definition) is 5. The molecule has 0 aliphatic carbocycles. The number of halogens is 1. The maximum atomic E-state index is 12.4. The summed E-state index contributed by atoms with van der Waals surface area (Å²) in [6.07, 6.45) is 2.73. The van der Waals surface area contributed by atoms with Gasteiger partial charge in [-0.3, -0.25) is 9.78 Å². The summed E-state index contributed by atoms with van der Waals surface area (Å²) in [7, 11) is 0. The molecule has 0 fully saturated rings. The summed E-state index contributed by atoms with van der Waals surface area (Å²) < 4.78 is 4.89. The first-order chi connectivity index (χ1) is 12.5. The third-order valence-electron chi connectivity index (χ3n) is 4.40. The van der Waals surface area contributed by atoms with E-state index in [1.165, 1.54) is 6.20 Å². The highest BCUT2D eigenvalue weighted by Crippen LogP contribution is 2.23. The number of benzene rings is 1. The van der Waals surface area contributed by atoms with Gasteiger partial charge in [0.1, 0.15) is 5.82 Å². The molecule has 1 atom stereocenters. The van der Waals surface area contributed by atoms with Crippen molar-refractivity contribution in [3.63, 3.8) is 0 Å². The molecule has 0 unspecified atom stereocenters. The van der Waals surface area contributed by atoms with Crippen molar-refractivity contribution in [1.29, 1.82) is 0 Å².